The molecule has 2 heteroatoms. The minimum absolute atomic E-state index is 0.120. The van der Waals surface area contributed by atoms with Gasteiger partial charge in [-0.05, 0) is 24.7 Å². The van der Waals surface area contributed by atoms with Crippen molar-refractivity contribution in [3.63, 3.8) is 0 Å². The predicted molar refractivity (Wildman–Crippen MR) is 104 cm³/mol. The van der Waals surface area contributed by atoms with Crippen LogP contribution in [0.4, 0.5) is 0 Å². The second-order valence-corrected chi connectivity index (χ2v) is 7.99. The van der Waals surface area contributed by atoms with E-state index in [1.807, 2.05) is 6.29 Å². The number of ketones is 1. The van der Waals surface area contributed by atoms with Gasteiger partial charge in [-0.2, -0.15) is 0 Å². The predicted octanol–water partition coefficient (Wildman–Crippen LogP) is 6.66. The summed E-state index contributed by atoms with van der Waals surface area (Å²) >= 11 is 0. The van der Waals surface area contributed by atoms with Crippen molar-refractivity contribution < 1.29 is 9.59 Å². The SMILES string of the molecule is CCC(C)CCCCCC([C]=O)C(=O)CCCCCCCC(C)C. The van der Waals surface area contributed by atoms with Crippen LogP contribution in [0.1, 0.15) is 111 Å². The van der Waals surface area contributed by atoms with Crippen molar-refractivity contribution in [1.82, 2.24) is 0 Å². The number of hydrogen-bond donors (Lipinski definition) is 0. The van der Waals surface area contributed by atoms with E-state index in [9.17, 15) is 9.59 Å². The van der Waals surface area contributed by atoms with Gasteiger partial charge >= 0.3 is 0 Å². The second kappa shape index (κ2) is 15.8. The van der Waals surface area contributed by atoms with Crippen molar-refractivity contribution in [1.29, 1.82) is 0 Å². The minimum atomic E-state index is -0.463. The third-order valence-electron chi connectivity index (χ3n) is 5.12. The first-order valence-electron chi connectivity index (χ1n) is 10.4. The van der Waals surface area contributed by atoms with Crippen molar-refractivity contribution in [2.24, 2.45) is 17.8 Å². The van der Waals surface area contributed by atoms with E-state index >= 15 is 0 Å². The quantitative estimate of drug-likeness (QED) is 0.219. The zero-order valence-electron chi connectivity index (χ0n) is 16.7. The first kappa shape index (κ1) is 23.3. The smallest absolute Gasteiger partial charge is 0.209 e. The normalized spacial score (nSPS) is 13.9. The highest BCUT2D eigenvalue weighted by atomic mass is 16.1. The summed E-state index contributed by atoms with van der Waals surface area (Å²) in [5.41, 5.74) is 0. The molecule has 0 bridgehead atoms. The Balaban J connectivity index is 3.64. The molecular formula is C22H41O2. The van der Waals surface area contributed by atoms with Gasteiger partial charge in [-0.3, -0.25) is 9.59 Å². The summed E-state index contributed by atoms with van der Waals surface area (Å²) in [5.74, 6) is 1.24. The third-order valence-corrected chi connectivity index (χ3v) is 5.12. The molecule has 2 nitrogen and oxygen atoms in total. The summed E-state index contributed by atoms with van der Waals surface area (Å²) < 4.78 is 0. The van der Waals surface area contributed by atoms with E-state index in [1.165, 1.54) is 44.9 Å². The monoisotopic (exact) mass is 337 g/mol. The number of carbonyl (C=O) groups excluding carboxylic acids is 2. The molecule has 0 aromatic rings. The van der Waals surface area contributed by atoms with Crippen LogP contribution in [0.25, 0.3) is 0 Å². The van der Waals surface area contributed by atoms with Crippen molar-refractivity contribution in [3.8, 4) is 0 Å². The minimum Gasteiger partial charge on any atom is -0.299 e. The first-order chi connectivity index (χ1) is 11.5. The van der Waals surface area contributed by atoms with E-state index in [0.29, 0.717) is 12.8 Å². The third kappa shape index (κ3) is 13.7. The van der Waals surface area contributed by atoms with Gasteiger partial charge in [-0.1, -0.05) is 91.9 Å². The van der Waals surface area contributed by atoms with E-state index in [2.05, 4.69) is 27.7 Å². The number of carbonyl (C=O) groups is 1. The van der Waals surface area contributed by atoms with E-state index in [0.717, 1.165) is 37.5 Å². The molecule has 0 aromatic carbocycles. The topological polar surface area (TPSA) is 34.1 Å². The van der Waals surface area contributed by atoms with E-state index in [-0.39, 0.29) is 5.78 Å². The zero-order chi connectivity index (χ0) is 18.2. The van der Waals surface area contributed by atoms with Gasteiger partial charge < -0.3 is 0 Å². The van der Waals surface area contributed by atoms with Crippen molar-refractivity contribution in [3.05, 3.63) is 0 Å². The Morgan fingerprint density at radius 1 is 0.792 bits per heavy atom. The number of hydrogen-bond acceptors (Lipinski definition) is 2. The van der Waals surface area contributed by atoms with Crippen molar-refractivity contribution in [2.75, 3.05) is 0 Å². The Bertz CT molecular complexity index is 309. The summed E-state index contributed by atoms with van der Waals surface area (Å²) in [6, 6.07) is 0. The lowest BCUT2D eigenvalue weighted by Gasteiger charge is -2.10. The fourth-order valence-corrected chi connectivity index (χ4v) is 3.06. The maximum absolute atomic E-state index is 12.1. The Labute approximate surface area is 151 Å². The number of unbranched alkanes of at least 4 members (excludes halogenated alkanes) is 6. The van der Waals surface area contributed by atoms with Gasteiger partial charge in [0.1, 0.15) is 5.78 Å². The Morgan fingerprint density at radius 3 is 1.96 bits per heavy atom. The van der Waals surface area contributed by atoms with Crippen molar-refractivity contribution in [2.45, 2.75) is 111 Å². The Hall–Kier alpha value is -0.660. The van der Waals surface area contributed by atoms with Crippen LogP contribution in [0.2, 0.25) is 0 Å². The fourth-order valence-electron chi connectivity index (χ4n) is 3.06. The lowest BCUT2D eigenvalue weighted by Crippen LogP contribution is -2.15. The highest BCUT2D eigenvalue weighted by Crippen LogP contribution is 2.17. The molecule has 141 valence electrons. The molecule has 0 aliphatic heterocycles. The molecule has 0 heterocycles. The summed E-state index contributed by atoms with van der Waals surface area (Å²) in [5, 5.41) is 0. The molecule has 0 spiro atoms. The molecule has 0 aliphatic rings. The van der Waals surface area contributed by atoms with Crippen LogP contribution in [-0.2, 0) is 9.59 Å². The van der Waals surface area contributed by atoms with Crippen LogP contribution in [0, 0.1) is 17.8 Å². The molecule has 2 unspecified atom stereocenters. The maximum Gasteiger partial charge on any atom is 0.209 e. The molecule has 0 saturated heterocycles. The van der Waals surface area contributed by atoms with Crippen LogP contribution < -0.4 is 0 Å². The summed E-state index contributed by atoms with van der Waals surface area (Å²) in [4.78, 5) is 23.2. The lowest BCUT2D eigenvalue weighted by atomic mass is 9.93. The molecular weight excluding hydrogens is 296 g/mol. The van der Waals surface area contributed by atoms with E-state index < -0.39 is 5.92 Å². The maximum atomic E-state index is 12.1. The second-order valence-electron chi connectivity index (χ2n) is 7.99. The largest absolute Gasteiger partial charge is 0.299 e. The van der Waals surface area contributed by atoms with Gasteiger partial charge in [0.05, 0.1) is 5.92 Å². The molecule has 0 saturated carbocycles. The number of rotatable bonds is 17. The van der Waals surface area contributed by atoms with Gasteiger partial charge in [-0.15, -0.1) is 0 Å². The lowest BCUT2D eigenvalue weighted by molar-refractivity contribution is -0.121. The average Bonchev–Trinajstić information content (AvgIpc) is 2.56. The standard InChI is InChI=1S/C22H41O2/c1-5-20(4)15-11-9-12-16-21(18-23)22(24)17-13-8-6-7-10-14-19(2)3/h19-21H,5-17H2,1-4H3. The zero-order valence-corrected chi connectivity index (χ0v) is 16.7. The molecule has 0 amide bonds. The van der Waals surface area contributed by atoms with Gasteiger partial charge in [0.25, 0.3) is 0 Å². The molecule has 0 N–H and O–H groups in total. The number of Topliss-reactive ketones (excluding diaryl/α,β-unsaturated/α-hetero) is 1. The highest BCUT2D eigenvalue weighted by molar-refractivity contribution is 5.93. The van der Waals surface area contributed by atoms with Gasteiger partial charge in [0.2, 0.25) is 6.29 Å². The van der Waals surface area contributed by atoms with Crippen LogP contribution in [0.5, 0.6) is 0 Å². The van der Waals surface area contributed by atoms with Gasteiger partial charge in [0.15, 0.2) is 0 Å². The van der Waals surface area contributed by atoms with Gasteiger partial charge in [-0.25, -0.2) is 0 Å². The average molecular weight is 338 g/mol. The molecule has 0 rings (SSSR count). The Kier molecular flexibility index (Phi) is 15.4. The summed E-state index contributed by atoms with van der Waals surface area (Å²) in [6.45, 7) is 9.04. The molecule has 0 aromatic heterocycles. The summed E-state index contributed by atoms with van der Waals surface area (Å²) in [7, 11) is 0. The first-order valence-corrected chi connectivity index (χ1v) is 10.4. The summed E-state index contributed by atoms with van der Waals surface area (Å²) in [6.07, 6.45) is 16.2. The van der Waals surface area contributed by atoms with Gasteiger partial charge in [0, 0.05) is 6.42 Å². The molecule has 0 aliphatic carbocycles. The van der Waals surface area contributed by atoms with E-state index in [4.69, 9.17) is 0 Å². The molecule has 1 radical (unpaired) electrons. The highest BCUT2D eigenvalue weighted by Gasteiger charge is 2.17. The fraction of sp³-hybridized carbons (Fsp3) is 0.909. The van der Waals surface area contributed by atoms with Crippen LogP contribution in [0.15, 0.2) is 0 Å². The Morgan fingerprint density at radius 2 is 1.33 bits per heavy atom. The van der Waals surface area contributed by atoms with Crippen molar-refractivity contribution >= 4 is 12.1 Å². The van der Waals surface area contributed by atoms with Crippen LogP contribution >= 0.6 is 0 Å². The van der Waals surface area contributed by atoms with Crippen LogP contribution in [-0.4, -0.2) is 12.1 Å². The molecule has 2 atom stereocenters. The van der Waals surface area contributed by atoms with E-state index in [1.54, 1.807) is 0 Å². The molecule has 24 heavy (non-hydrogen) atoms. The molecule has 0 fully saturated rings. The van der Waals surface area contributed by atoms with Crippen LogP contribution in [0.3, 0.4) is 0 Å².